The summed E-state index contributed by atoms with van der Waals surface area (Å²) >= 11 is 3.40. The van der Waals surface area contributed by atoms with Gasteiger partial charge in [0.2, 0.25) is 16.8 Å². The first-order chi connectivity index (χ1) is 11.9. The minimum Gasteiger partial charge on any atom is -0.454 e. The highest BCUT2D eigenvalue weighted by Gasteiger charge is 2.33. The molecule has 0 saturated heterocycles. The zero-order valence-electron chi connectivity index (χ0n) is 13.3. The van der Waals surface area contributed by atoms with E-state index in [4.69, 9.17) is 9.47 Å². The Morgan fingerprint density at radius 3 is 2.56 bits per heavy atom. The summed E-state index contributed by atoms with van der Waals surface area (Å²) in [6, 6.07) is 12.7. The lowest BCUT2D eigenvalue weighted by Gasteiger charge is -2.22. The quantitative estimate of drug-likeness (QED) is 0.822. The number of hydrogen-bond donors (Lipinski definition) is 1. The summed E-state index contributed by atoms with van der Waals surface area (Å²) in [5.74, 6) is 1.34. The largest absolute Gasteiger partial charge is 0.454 e. The molecule has 6 nitrogen and oxygen atoms in total. The summed E-state index contributed by atoms with van der Waals surface area (Å²) in [6.07, 6.45) is 3.07. The number of nitrogens with one attached hydrogen (secondary N) is 1. The van der Waals surface area contributed by atoms with Gasteiger partial charge in [-0.3, -0.25) is 0 Å². The monoisotopic (exact) mass is 422 g/mol. The first kappa shape index (κ1) is 16.4. The fraction of sp³-hybridized carbons (Fsp3) is 0.176. The standard InChI is InChI=1S/C17H15BrN2O4S/c1-25(21,22)20-15(11-2-5-13(18)6-3-11)9-14(19-20)12-4-7-16-17(8-12)24-10-23-16/h2-9,15,19H,10H2,1H3/t15-/m0/s1. The summed E-state index contributed by atoms with van der Waals surface area (Å²) < 4.78 is 37.4. The first-order valence-electron chi connectivity index (χ1n) is 7.55. The molecule has 1 atom stereocenters. The number of hydrogen-bond acceptors (Lipinski definition) is 5. The van der Waals surface area contributed by atoms with Gasteiger partial charge >= 0.3 is 0 Å². The Balaban J connectivity index is 1.74. The number of fused-ring (bicyclic) bond motifs is 1. The molecule has 0 amide bonds. The zero-order valence-corrected chi connectivity index (χ0v) is 15.7. The Kier molecular flexibility index (Phi) is 3.98. The van der Waals surface area contributed by atoms with E-state index in [1.54, 1.807) is 0 Å². The highest BCUT2D eigenvalue weighted by molar-refractivity contribution is 9.10. The van der Waals surface area contributed by atoms with Crippen molar-refractivity contribution in [3.05, 3.63) is 64.1 Å². The van der Waals surface area contributed by atoms with E-state index in [1.165, 1.54) is 10.7 Å². The number of ether oxygens (including phenoxy) is 2. The van der Waals surface area contributed by atoms with Crippen molar-refractivity contribution < 1.29 is 17.9 Å². The van der Waals surface area contributed by atoms with Gasteiger partial charge in [0, 0.05) is 10.0 Å². The molecule has 0 aliphatic carbocycles. The molecule has 1 N–H and O–H groups in total. The SMILES string of the molecule is CS(=O)(=O)N1NC(c2ccc3c(c2)OCO3)=C[C@H]1c1ccc(Br)cc1. The summed E-state index contributed by atoms with van der Waals surface area (Å²) in [6.45, 7) is 0.197. The molecule has 0 unspecified atom stereocenters. The van der Waals surface area contributed by atoms with Gasteiger partial charge in [0.15, 0.2) is 11.5 Å². The minimum atomic E-state index is -3.46. The van der Waals surface area contributed by atoms with Crippen LogP contribution in [0.4, 0.5) is 0 Å². The van der Waals surface area contributed by atoms with Crippen LogP contribution in [0.3, 0.4) is 0 Å². The van der Waals surface area contributed by atoms with Crippen molar-refractivity contribution in [3.8, 4) is 11.5 Å². The molecular weight excluding hydrogens is 408 g/mol. The fourth-order valence-corrected chi connectivity index (χ4v) is 3.98. The molecule has 2 heterocycles. The van der Waals surface area contributed by atoms with Crippen LogP contribution in [0.1, 0.15) is 17.2 Å². The molecule has 130 valence electrons. The van der Waals surface area contributed by atoms with Gasteiger partial charge in [-0.25, -0.2) is 8.42 Å². The molecule has 0 aromatic heterocycles. The Morgan fingerprint density at radius 1 is 1.12 bits per heavy atom. The van der Waals surface area contributed by atoms with Crippen LogP contribution in [-0.2, 0) is 10.0 Å². The van der Waals surface area contributed by atoms with Gasteiger partial charge < -0.3 is 14.9 Å². The molecule has 0 radical (unpaired) electrons. The van der Waals surface area contributed by atoms with Gasteiger partial charge in [-0.15, -0.1) is 4.41 Å². The molecular formula is C17H15BrN2O4S. The van der Waals surface area contributed by atoms with Gasteiger partial charge in [-0.1, -0.05) is 28.1 Å². The second-order valence-corrected chi connectivity index (χ2v) is 8.59. The van der Waals surface area contributed by atoms with E-state index in [1.807, 2.05) is 48.5 Å². The Hall–Kier alpha value is -2.03. The van der Waals surface area contributed by atoms with Crippen LogP contribution < -0.4 is 14.9 Å². The predicted octanol–water partition coefficient (Wildman–Crippen LogP) is 3.04. The topological polar surface area (TPSA) is 67.9 Å². The van der Waals surface area contributed by atoms with E-state index in [0.717, 1.165) is 15.6 Å². The summed E-state index contributed by atoms with van der Waals surface area (Å²) in [5, 5.41) is 0. The van der Waals surface area contributed by atoms with Gasteiger partial charge in [-0.05, 0) is 42.0 Å². The van der Waals surface area contributed by atoms with Crippen LogP contribution in [0, 0.1) is 0 Å². The number of hydrazine groups is 1. The second-order valence-electron chi connectivity index (χ2n) is 5.82. The van der Waals surface area contributed by atoms with Crippen molar-refractivity contribution in [2.24, 2.45) is 0 Å². The van der Waals surface area contributed by atoms with Crippen molar-refractivity contribution in [1.29, 1.82) is 0 Å². The van der Waals surface area contributed by atoms with Crippen LogP contribution >= 0.6 is 15.9 Å². The molecule has 4 rings (SSSR count). The van der Waals surface area contributed by atoms with Crippen LogP contribution in [0.2, 0.25) is 0 Å². The summed E-state index contributed by atoms with van der Waals surface area (Å²) in [4.78, 5) is 0. The fourth-order valence-electron chi connectivity index (χ4n) is 2.86. The number of nitrogens with zero attached hydrogens (tertiary/aromatic N) is 1. The van der Waals surface area contributed by atoms with Crippen molar-refractivity contribution in [2.45, 2.75) is 6.04 Å². The van der Waals surface area contributed by atoms with Crippen molar-refractivity contribution in [2.75, 3.05) is 13.0 Å². The number of halogens is 1. The highest BCUT2D eigenvalue weighted by Crippen LogP contribution is 2.38. The lowest BCUT2D eigenvalue weighted by molar-refractivity contribution is 0.174. The molecule has 2 aliphatic rings. The molecule has 8 heteroatoms. The smallest absolute Gasteiger partial charge is 0.231 e. The molecule has 0 fully saturated rings. The summed E-state index contributed by atoms with van der Waals surface area (Å²) in [7, 11) is -3.46. The maximum atomic E-state index is 12.2. The Bertz CT molecular complexity index is 957. The predicted molar refractivity (Wildman–Crippen MR) is 97.2 cm³/mol. The third-order valence-electron chi connectivity index (χ3n) is 4.06. The van der Waals surface area contributed by atoms with Gasteiger partial charge in [-0.2, -0.15) is 0 Å². The van der Waals surface area contributed by atoms with Crippen LogP contribution in [0.5, 0.6) is 11.5 Å². The van der Waals surface area contributed by atoms with Crippen molar-refractivity contribution in [1.82, 2.24) is 9.84 Å². The van der Waals surface area contributed by atoms with E-state index in [0.29, 0.717) is 17.2 Å². The molecule has 0 saturated carbocycles. The minimum absolute atomic E-state index is 0.197. The number of sulfonamides is 1. The van der Waals surface area contributed by atoms with Crippen molar-refractivity contribution in [3.63, 3.8) is 0 Å². The molecule has 2 aliphatic heterocycles. The lowest BCUT2D eigenvalue weighted by atomic mass is 10.1. The van der Waals surface area contributed by atoms with Crippen LogP contribution in [-0.4, -0.2) is 25.9 Å². The lowest BCUT2D eigenvalue weighted by Crippen LogP contribution is -2.38. The molecule has 2 aromatic carbocycles. The highest BCUT2D eigenvalue weighted by atomic mass is 79.9. The van der Waals surface area contributed by atoms with E-state index in [9.17, 15) is 8.42 Å². The van der Waals surface area contributed by atoms with Crippen molar-refractivity contribution >= 4 is 31.7 Å². The van der Waals surface area contributed by atoms with E-state index < -0.39 is 16.1 Å². The average molecular weight is 423 g/mol. The maximum Gasteiger partial charge on any atom is 0.231 e. The summed E-state index contributed by atoms with van der Waals surface area (Å²) in [5.41, 5.74) is 5.41. The van der Waals surface area contributed by atoms with Crippen LogP contribution in [0.25, 0.3) is 5.70 Å². The molecule has 2 aromatic rings. The Morgan fingerprint density at radius 2 is 1.84 bits per heavy atom. The molecule has 0 spiro atoms. The Labute approximate surface area is 154 Å². The maximum absolute atomic E-state index is 12.2. The van der Waals surface area contributed by atoms with Gasteiger partial charge in [0.25, 0.3) is 0 Å². The van der Waals surface area contributed by atoms with E-state index >= 15 is 0 Å². The third-order valence-corrected chi connectivity index (χ3v) is 5.62. The third kappa shape index (κ3) is 3.12. The van der Waals surface area contributed by atoms with E-state index in [-0.39, 0.29) is 6.79 Å². The number of benzene rings is 2. The van der Waals surface area contributed by atoms with Gasteiger partial charge in [0.1, 0.15) is 0 Å². The normalized spacial score (nSPS) is 19.6. The van der Waals surface area contributed by atoms with Crippen LogP contribution in [0.15, 0.2) is 53.0 Å². The average Bonchev–Trinajstić information content (AvgIpc) is 3.21. The first-order valence-corrected chi connectivity index (χ1v) is 10.2. The second kappa shape index (κ2) is 6.05. The van der Waals surface area contributed by atoms with Gasteiger partial charge in [0.05, 0.1) is 18.0 Å². The molecule has 0 bridgehead atoms. The molecule has 25 heavy (non-hydrogen) atoms. The van der Waals surface area contributed by atoms with E-state index in [2.05, 4.69) is 21.4 Å². The number of rotatable bonds is 3. The zero-order chi connectivity index (χ0) is 17.6.